The first kappa shape index (κ1) is 15.0. The van der Waals surface area contributed by atoms with Crippen LogP contribution in [0.2, 0.25) is 0 Å². The molecule has 0 bridgehead atoms. The molecule has 2 rings (SSSR count). The van der Waals surface area contributed by atoms with E-state index in [9.17, 15) is 4.79 Å². The smallest absolute Gasteiger partial charge is 0.243 e. The van der Waals surface area contributed by atoms with Gasteiger partial charge < -0.3 is 15.5 Å². The van der Waals surface area contributed by atoms with Gasteiger partial charge in [-0.15, -0.1) is 0 Å². The Hall–Kier alpha value is -1.39. The monoisotopic (exact) mass is 275 g/mol. The molecule has 4 heteroatoms. The van der Waals surface area contributed by atoms with Gasteiger partial charge in [0.1, 0.15) is 6.04 Å². The maximum Gasteiger partial charge on any atom is 0.243 e. The molecule has 1 atom stereocenters. The number of nitrogens with two attached hydrogens (primary N) is 1. The van der Waals surface area contributed by atoms with Crippen molar-refractivity contribution in [1.29, 1.82) is 0 Å². The van der Waals surface area contributed by atoms with Crippen LogP contribution in [0.3, 0.4) is 0 Å². The fourth-order valence-electron chi connectivity index (χ4n) is 2.76. The van der Waals surface area contributed by atoms with Crippen molar-refractivity contribution in [1.82, 2.24) is 9.80 Å². The summed E-state index contributed by atoms with van der Waals surface area (Å²) in [5, 5.41) is 0. The van der Waals surface area contributed by atoms with Crippen LogP contribution in [0, 0.1) is 5.92 Å². The molecule has 1 heterocycles. The molecule has 0 aromatic heterocycles. The predicted octanol–water partition coefficient (Wildman–Crippen LogP) is 1.49. The minimum Gasteiger partial charge on any atom is -0.344 e. The molecule has 1 aromatic rings. The molecule has 4 nitrogen and oxygen atoms in total. The fraction of sp³-hybridized carbons (Fsp3) is 0.562. The maximum absolute atomic E-state index is 12.4. The number of nitrogens with zero attached hydrogens (tertiary/aromatic N) is 2. The van der Waals surface area contributed by atoms with Crippen LogP contribution in [-0.2, 0) is 4.79 Å². The predicted molar refractivity (Wildman–Crippen MR) is 81.2 cm³/mol. The molecule has 1 aliphatic heterocycles. The summed E-state index contributed by atoms with van der Waals surface area (Å²) in [4.78, 5) is 16.5. The normalized spacial score (nSPS) is 18.8. The van der Waals surface area contributed by atoms with E-state index in [4.69, 9.17) is 5.73 Å². The molecule has 110 valence electrons. The second-order valence-corrected chi connectivity index (χ2v) is 5.85. The van der Waals surface area contributed by atoms with Gasteiger partial charge in [-0.05, 0) is 44.5 Å². The zero-order valence-corrected chi connectivity index (χ0v) is 12.5. The van der Waals surface area contributed by atoms with Gasteiger partial charge in [0.25, 0.3) is 0 Å². The van der Waals surface area contributed by atoms with Crippen LogP contribution >= 0.6 is 0 Å². The van der Waals surface area contributed by atoms with E-state index >= 15 is 0 Å². The van der Waals surface area contributed by atoms with Crippen molar-refractivity contribution in [2.45, 2.75) is 18.9 Å². The lowest BCUT2D eigenvalue weighted by Crippen LogP contribution is -2.41. The van der Waals surface area contributed by atoms with Crippen molar-refractivity contribution in [2.24, 2.45) is 11.7 Å². The van der Waals surface area contributed by atoms with Crippen LogP contribution in [0.1, 0.15) is 24.4 Å². The number of hydrogen-bond donors (Lipinski definition) is 1. The van der Waals surface area contributed by atoms with Crippen molar-refractivity contribution in [3.63, 3.8) is 0 Å². The van der Waals surface area contributed by atoms with E-state index in [-0.39, 0.29) is 5.91 Å². The number of amides is 1. The Morgan fingerprint density at radius 3 is 2.55 bits per heavy atom. The van der Waals surface area contributed by atoms with Crippen LogP contribution in [0.25, 0.3) is 0 Å². The van der Waals surface area contributed by atoms with Gasteiger partial charge >= 0.3 is 0 Å². The van der Waals surface area contributed by atoms with Gasteiger partial charge in [0.05, 0.1) is 0 Å². The molecule has 0 aliphatic carbocycles. The van der Waals surface area contributed by atoms with E-state index in [1.54, 1.807) is 4.90 Å². The average Bonchev–Trinajstić information content (AvgIpc) is 2.49. The first-order chi connectivity index (χ1) is 9.58. The highest BCUT2D eigenvalue weighted by Crippen LogP contribution is 2.19. The van der Waals surface area contributed by atoms with Gasteiger partial charge in [-0.25, -0.2) is 0 Å². The van der Waals surface area contributed by atoms with E-state index in [1.165, 1.54) is 0 Å². The summed E-state index contributed by atoms with van der Waals surface area (Å²) in [6, 6.07) is 9.03. The zero-order chi connectivity index (χ0) is 14.5. The van der Waals surface area contributed by atoms with Crippen LogP contribution in [0.5, 0.6) is 0 Å². The molecule has 1 saturated heterocycles. The lowest BCUT2D eigenvalue weighted by molar-refractivity contribution is -0.132. The van der Waals surface area contributed by atoms with E-state index in [0.717, 1.165) is 38.0 Å². The molecule has 0 unspecified atom stereocenters. The van der Waals surface area contributed by atoms with Gasteiger partial charge in [-0.3, -0.25) is 4.79 Å². The molecular weight excluding hydrogens is 250 g/mol. The molecule has 1 fully saturated rings. The topological polar surface area (TPSA) is 49.6 Å². The summed E-state index contributed by atoms with van der Waals surface area (Å²) in [6.07, 6.45) is 2.32. The number of carbonyl (C=O) groups excluding carboxylic acids is 1. The Labute approximate surface area is 121 Å². The van der Waals surface area contributed by atoms with Gasteiger partial charge in [-0.1, -0.05) is 30.3 Å². The Kier molecular flexibility index (Phi) is 5.15. The van der Waals surface area contributed by atoms with Crippen molar-refractivity contribution in [2.75, 3.05) is 33.7 Å². The Bertz CT molecular complexity index is 427. The Balaban J connectivity index is 1.88. The average molecular weight is 275 g/mol. The van der Waals surface area contributed by atoms with E-state index < -0.39 is 6.04 Å². The number of hydrogen-bond acceptors (Lipinski definition) is 3. The summed E-state index contributed by atoms with van der Waals surface area (Å²) in [6.45, 7) is 3.06. The molecule has 1 aromatic carbocycles. The van der Waals surface area contributed by atoms with Crippen molar-refractivity contribution < 1.29 is 4.79 Å². The molecule has 2 N–H and O–H groups in total. The number of piperidine rings is 1. The first-order valence-electron chi connectivity index (χ1n) is 7.32. The molecular formula is C16H25N3O. The number of rotatable bonds is 4. The highest BCUT2D eigenvalue weighted by atomic mass is 16.2. The van der Waals surface area contributed by atoms with Gasteiger partial charge in [0, 0.05) is 13.6 Å². The summed E-state index contributed by atoms with van der Waals surface area (Å²) in [5.41, 5.74) is 6.95. The van der Waals surface area contributed by atoms with Crippen LogP contribution in [0.4, 0.5) is 0 Å². The summed E-state index contributed by atoms with van der Waals surface area (Å²) in [5.74, 6) is 0.609. The van der Waals surface area contributed by atoms with Gasteiger partial charge in [0.15, 0.2) is 0 Å². The lowest BCUT2D eigenvalue weighted by atomic mass is 9.96. The molecule has 0 saturated carbocycles. The molecule has 20 heavy (non-hydrogen) atoms. The highest BCUT2D eigenvalue weighted by molar-refractivity contribution is 5.82. The molecule has 0 radical (unpaired) electrons. The lowest BCUT2D eigenvalue weighted by Gasteiger charge is -2.32. The Morgan fingerprint density at radius 1 is 1.35 bits per heavy atom. The standard InChI is InChI=1S/C16H25N3O/c1-18-10-8-13(9-11-18)12-19(2)16(20)15(17)14-6-4-3-5-7-14/h3-7,13,15H,8-12,17H2,1-2H3/t15-/m0/s1. The zero-order valence-electron chi connectivity index (χ0n) is 12.5. The molecule has 1 aliphatic rings. The molecule has 1 amide bonds. The number of likely N-dealkylation sites (tertiary alicyclic amines) is 1. The summed E-state index contributed by atoms with van der Waals surface area (Å²) < 4.78 is 0. The summed E-state index contributed by atoms with van der Waals surface area (Å²) in [7, 11) is 4.01. The first-order valence-corrected chi connectivity index (χ1v) is 7.32. The largest absolute Gasteiger partial charge is 0.344 e. The third kappa shape index (κ3) is 3.81. The van der Waals surface area contributed by atoms with E-state index in [2.05, 4.69) is 11.9 Å². The number of benzene rings is 1. The summed E-state index contributed by atoms with van der Waals surface area (Å²) >= 11 is 0. The maximum atomic E-state index is 12.4. The SMILES string of the molecule is CN1CCC(CN(C)C(=O)[C@@H](N)c2ccccc2)CC1. The third-order valence-electron chi connectivity index (χ3n) is 4.17. The van der Waals surface area contributed by atoms with Crippen LogP contribution in [-0.4, -0.2) is 49.4 Å². The van der Waals surface area contributed by atoms with E-state index in [0.29, 0.717) is 5.92 Å². The second kappa shape index (κ2) is 6.86. The van der Waals surface area contributed by atoms with E-state index in [1.807, 2.05) is 37.4 Å². The van der Waals surface area contributed by atoms with Crippen molar-refractivity contribution in [3.05, 3.63) is 35.9 Å². The number of carbonyl (C=O) groups is 1. The van der Waals surface area contributed by atoms with Crippen molar-refractivity contribution in [3.8, 4) is 0 Å². The van der Waals surface area contributed by atoms with Gasteiger partial charge in [-0.2, -0.15) is 0 Å². The molecule has 0 spiro atoms. The highest BCUT2D eigenvalue weighted by Gasteiger charge is 2.24. The number of likely N-dealkylation sites (N-methyl/N-ethyl adjacent to an activating group) is 1. The van der Waals surface area contributed by atoms with Crippen molar-refractivity contribution >= 4 is 5.91 Å². The van der Waals surface area contributed by atoms with Gasteiger partial charge in [0.2, 0.25) is 5.91 Å². The fourth-order valence-corrected chi connectivity index (χ4v) is 2.76. The minimum absolute atomic E-state index is 0.00938. The Morgan fingerprint density at radius 2 is 1.95 bits per heavy atom. The third-order valence-corrected chi connectivity index (χ3v) is 4.17. The van der Waals surface area contributed by atoms with Crippen LogP contribution in [0.15, 0.2) is 30.3 Å². The quantitative estimate of drug-likeness (QED) is 0.905. The van der Waals surface area contributed by atoms with Crippen LogP contribution < -0.4 is 5.73 Å². The second-order valence-electron chi connectivity index (χ2n) is 5.85. The minimum atomic E-state index is -0.549.